The zero-order valence-electron chi connectivity index (χ0n) is 25.2. The van der Waals surface area contributed by atoms with Crippen LogP contribution in [-0.2, 0) is 21.8 Å². The number of nitrogens with zero attached hydrogens (tertiary/aromatic N) is 7. The molecule has 238 valence electrons. The number of thioether (sulfide) groups is 1. The maximum absolute atomic E-state index is 6.60. The molecule has 10 nitrogen and oxygen atoms in total. The predicted molar refractivity (Wildman–Crippen MR) is 181 cm³/mol. The Morgan fingerprint density at radius 2 is 1.61 bits per heavy atom. The van der Waals surface area contributed by atoms with Gasteiger partial charge in [0.1, 0.15) is 24.8 Å². The summed E-state index contributed by atoms with van der Waals surface area (Å²) in [5.74, 6) is -0.305. The Kier molecular flexibility index (Phi) is 9.10. The van der Waals surface area contributed by atoms with Crippen molar-refractivity contribution in [3.05, 3.63) is 107 Å². The topological polar surface area (TPSA) is 82.7 Å². The Hall–Kier alpha value is -3.74. The molecule has 2 saturated heterocycles. The molecule has 3 aromatic carbocycles. The standard InChI is InChI=1S/C33H33Cl2N7O3S/c1-46-32-38-37-23-42(32)27-5-3-25(4-6-27)40-14-16-41(17-15-40)26-7-9-28(10-8-26)43-19-29-20-44-33(45-29,21-39-13-12-36-22-39)30-11-2-24(34)18-31(30)35/h2-13,18,22-23,29H,14-17,19-21H2,1H3. The van der Waals surface area contributed by atoms with E-state index < -0.39 is 5.79 Å². The normalized spacial score (nSPS) is 19.9. The van der Waals surface area contributed by atoms with Crippen LogP contribution in [0.2, 0.25) is 10.0 Å². The van der Waals surface area contributed by atoms with Crippen LogP contribution in [0.3, 0.4) is 0 Å². The summed E-state index contributed by atoms with van der Waals surface area (Å²) in [4.78, 5) is 8.99. The highest BCUT2D eigenvalue weighted by Gasteiger charge is 2.45. The van der Waals surface area contributed by atoms with Gasteiger partial charge < -0.3 is 28.6 Å². The molecule has 5 aromatic rings. The van der Waals surface area contributed by atoms with Crippen LogP contribution in [0.5, 0.6) is 5.75 Å². The number of imidazole rings is 1. The molecule has 2 aromatic heterocycles. The molecule has 0 amide bonds. The Morgan fingerprint density at radius 3 is 2.26 bits per heavy atom. The summed E-state index contributed by atoms with van der Waals surface area (Å²) in [5.41, 5.74) is 4.17. The van der Waals surface area contributed by atoms with E-state index in [2.05, 4.69) is 61.4 Å². The smallest absolute Gasteiger partial charge is 0.215 e. The molecular weight excluding hydrogens is 645 g/mol. The van der Waals surface area contributed by atoms with Gasteiger partial charge in [0.15, 0.2) is 5.16 Å². The lowest BCUT2D eigenvalue weighted by molar-refractivity contribution is -0.189. The summed E-state index contributed by atoms with van der Waals surface area (Å²) in [6.45, 7) is 4.84. The minimum Gasteiger partial charge on any atom is -0.491 e. The van der Waals surface area contributed by atoms with E-state index in [4.69, 9.17) is 37.4 Å². The van der Waals surface area contributed by atoms with Gasteiger partial charge in [-0.2, -0.15) is 0 Å². The molecule has 0 spiro atoms. The van der Waals surface area contributed by atoms with Crippen LogP contribution in [0.25, 0.3) is 5.69 Å². The fourth-order valence-corrected chi connectivity index (χ4v) is 6.94. The molecule has 2 aliphatic rings. The van der Waals surface area contributed by atoms with Crippen molar-refractivity contribution in [2.75, 3.05) is 55.4 Å². The third kappa shape index (κ3) is 6.56. The van der Waals surface area contributed by atoms with Gasteiger partial charge in [-0.15, -0.1) is 10.2 Å². The van der Waals surface area contributed by atoms with Crippen LogP contribution in [-0.4, -0.2) is 76.1 Å². The van der Waals surface area contributed by atoms with E-state index in [1.165, 1.54) is 11.4 Å². The number of anilines is 2. The lowest BCUT2D eigenvalue weighted by Crippen LogP contribution is -2.46. The Bertz CT molecular complexity index is 1750. The number of hydrogen-bond acceptors (Lipinski definition) is 9. The largest absolute Gasteiger partial charge is 0.491 e. The van der Waals surface area contributed by atoms with E-state index in [9.17, 15) is 0 Å². The Labute approximate surface area is 281 Å². The number of hydrogen-bond donors (Lipinski definition) is 0. The van der Waals surface area contributed by atoms with Crippen molar-refractivity contribution in [1.82, 2.24) is 24.3 Å². The van der Waals surface area contributed by atoms with Gasteiger partial charge in [-0.1, -0.05) is 41.0 Å². The van der Waals surface area contributed by atoms with Gasteiger partial charge in [0, 0.05) is 66.2 Å². The Morgan fingerprint density at radius 1 is 0.913 bits per heavy atom. The third-order valence-electron chi connectivity index (χ3n) is 8.26. The molecule has 2 unspecified atom stereocenters. The van der Waals surface area contributed by atoms with Crippen molar-refractivity contribution in [1.29, 1.82) is 0 Å². The van der Waals surface area contributed by atoms with E-state index in [1.807, 2.05) is 39.8 Å². The lowest BCUT2D eigenvalue weighted by atomic mass is 10.1. The maximum Gasteiger partial charge on any atom is 0.215 e. The third-order valence-corrected chi connectivity index (χ3v) is 9.45. The summed E-state index contributed by atoms with van der Waals surface area (Å²) >= 11 is 14.3. The molecule has 7 rings (SSSR count). The first-order valence-electron chi connectivity index (χ1n) is 15.0. The first-order chi connectivity index (χ1) is 22.5. The fourth-order valence-electron chi connectivity index (χ4n) is 5.91. The molecule has 13 heteroatoms. The molecule has 0 bridgehead atoms. The van der Waals surface area contributed by atoms with Gasteiger partial charge in [0.2, 0.25) is 5.79 Å². The molecular formula is C33H33Cl2N7O3S. The second-order valence-electron chi connectivity index (χ2n) is 11.1. The molecule has 46 heavy (non-hydrogen) atoms. The number of halogens is 2. The first kappa shape index (κ1) is 30.9. The van der Waals surface area contributed by atoms with Crippen molar-refractivity contribution in [2.24, 2.45) is 0 Å². The summed E-state index contributed by atoms with van der Waals surface area (Å²) in [6.07, 6.45) is 8.78. The van der Waals surface area contributed by atoms with E-state index >= 15 is 0 Å². The molecule has 4 heterocycles. The lowest BCUT2D eigenvalue weighted by Gasteiger charge is -2.37. The van der Waals surface area contributed by atoms with Gasteiger partial charge in [-0.05, 0) is 66.9 Å². The molecule has 0 radical (unpaired) electrons. The fraction of sp³-hybridized carbons (Fsp3) is 0.303. The van der Waals surface area contributed by atoms with Gasteiger partial charge in [-0.3, -0.25) is 4.57 Å². The summed E-state index contributed by atoms with van der Waals surface area (Å²) in [5, 5.41) is 10.1. The first-order valence-corrected chi connectivity index (χ1v) is 17.0. The number of aromatic nitrogens is 5. The van der Waals surface area contributed by atoms with Crippen LogP contribution >= 0.6 is 35.0 Å². The van der Waals surface area contributed by atoms with Gasteiger partial charge in [-0.25, -0.2) is 4.98 Å². The van der Waals surface area contributed by atoms with Crippen molar-refractivity contribution in [2.45, 2.75) is 23.6 Å². The zero-order chi connectivity index (χ0) is 31.5. The zero-order valence-corrected chi connectivity index (χ0v) is 27.5. The second-order valence-corrected chi connectivity index (χ2v) is 12.8. The summed E-state index contributed by atoms with van der Waals surface area (Å²) in [7, 11) is 0. The highest BCUT2D eigenvalue weighted by atomic mass is 35.5. The average Bonchev–Trinajstić information content (AvgIpc) is 3.87. The van der Waals surface area contributed by atoms with Gasteiger partial charge >= 0.3 is 0 Å². The maximum atomic E-state index is 6.60. The van der Waals surface area contributed by atoms with E-state index in [0.29, 0.717) is 35.4 Å². The summed E-state index contributed by atoms with van der Waals surface area (Å²) in [6, 6.07) is 22.2. The van der Waals surface area contributed by atoms with E-state index in [0.717, 1.165) is 42.8 Å². The van der Waals surface area contributed by atoms with Crippen LogP contribution in [0, 0.1) is 0 Å². The van der Waals surface area contributed by atoms with Gasteiger partial charge in [0.25, 0.3) is 0 Å². The van der Waals surface area contributed by atoms with Crippen LogP contribution in [0.4, 0.5) is 11.4 Å². The van der Waals surface area contributed by atoms with Crippen molar-refractivity contribution >= 4 is 46.3 Å². The quantitative estimate of drug-likeness (QED) is 0.161. The highest BCUT2D eigenvalue weighted by Crippen LogP contribution is 2.40. The molecule has 0 saturated carbocycles. The van der Waals surface area contributed by atoms with Crippen molar-refractivity contribution < 1.29 is 14.2 Å². The van der Waals surface area contributed by atoms with Crippen molar-refractivity contribution in [3.8, 4) is 11.4 Å². The number of ether oxygens (including phenoxy) is 3. The predicted octanol–water partition coefficient (Wildman–Crippen LogP) is 6.17. The van der Waals surface area contributed by atoms with Crippen LogP contribution < -0.4 is 14.5 Å². The monoisotopic (exact) mass is 677 g/mol. The average molecular weight is 679 g/mol. The number of benzene rings is 3. The minimum absolute atomic E-state index is 0.290. The number of rotatable bonds is 10. The van der Waals surface area contributed by atoms with Crippen LogP contribution in [0.1, 0.15) is 5.56 Å². The van der Waals surface area contributed by atoms with Gasteiger partial charge in [0.05, 0.1) is 24.5 Å². The molecule has 2 fully saturated rings. The number of piperazine rings is 1. The van der Waals surface area contributed by atoms with Crippen LogP contribution in [0.15, 0.2) is 96.9 Å². The Balaban J connectivity index is 0.931. The molecule has 2 atom stereocenters. The molecule has 2 aliphatic heterocycles. The van der Waals surface area contributed by atoms with E-state index in [1.54, 1.807) is 42.7 Å². The highest BCUT2D eigenvalue weighted by molar-refractivity contribution is 7.98. The van der Waals surface area contributed by atoms with E-state index in [-0.39, 0.29) is 6.10 Å². The van der Waals surface area contributed by atoms with Crippen molar-refractivity contribution in [3.63, 3.8) is 0 Å². The minimum atomic E-state index is -1.08. The summed E-state index contributed by atoms with van der Waals surface area (Å²) < 4.78 is 22.9. The second kappa shape index (κ2) is 13.5. The molecule has 0 aliphatic carbocycles. The molecule has 0 N–H and O–H groups in total. The SMILES string of the molecule is CSc1nncn1-c1ccc(N2CCN(c3ccc(OCC4COC(Cn5ccnc5)(c5ccc(Cl)cc5Cl)O4)cc3)CC2)cc1.